The molecule has 2 aromatic carbocycles. The monoisotopic (exact) mass is 365 g/mol. The molecule has 2 aromatic rings. The first-order valence-corrected chi connectivity index (χ1v) is 7.97. The van der Waals surface area contributed by atoms with Crippen LogP contribution in [0.2, 0.25) is 0 Å². The standard InChI is InChI=1S/C19H21F2NO4/c1-24-16-8-13(9-17(25-2)19(16)26-3)10-18(23)22-5-4-12-6-14(20)11-15(21)7-12/h6-9,11H,4-5,10H2,1-3H3,(H,22,23). The molecular formula is C19H21F2NO4. The Bertz CT molecular complexity index is 735. The van der Waals surface area contributed by atoms with E-state index in [1.165, 1.54) is 33.5 Å². The maximum atomic E-state index is 13.1. The molecule has 0 atom stereocenters. The molecule has 2 rings (SSSR count). The Kier molecular flexibility index (Phi) is 6.77. The molecule has 0 bridgehead atoms. The summed E-state index contributed by atoms with van der Waals surface area (Å²) in [5.74, 6) is -0.120. The predicted octanol–water partition coefficient (Wildman–Crippen LogP) is 2.89. The summed E-state index contributed by atoms with van der Waals surface area (Å²) in [7, 11) is 4.50. The number of nitrogens with one attached hydrogen (secondary N) is 1. The minimum Gasteiger partial charge on any atom is -0.493 e. The number of hydrogen-bond donors (Lipinski definition) is 1. The predicted molar refractivity (Wildman–Crippen MR) is 92.9 cm³/mol. The van der Waals surface area contributed by atoms with E-state index in [2.05, 4.69) is 5.32 Å². The van der Waals surface area contributed by atoms with Crippen molar-refractivity contribution in [1.29, 1.82) is 0 Å². The molecule has 0 aromatic heterocycles. The van der Waals surface area contributed by atoms with Gasteiger partial charge in [-0.05, 0) is 41.8 Å². The summed E-state index contributed by atoms with van der Waals surface area (Å²) in [5.41, 5.74) is 1.17. The van der Waals surface area contributed by atoms with Gasteiger partial charge >= 0.3 is 0 Å². The molecule has 5 nitrogen and oxygen atoms in total. The average molecular weight is 365 g/mol. The quantitative estimate of drug-likeness (QED) is 0.782. The van der Waals surface area contributed by atoms with E-state index in [4.69, 9.17) is 14.2 Å². The van der Waals surface area contributed by atoms with Crippen LogP contribution in [0.1, 0.15) is 11.1 Å². The second-order valence-corrected chi connectivity index (χ2v) is 5.59. The molecule has 0 unspecified atom stereocenters. The van der Waals surface area contributed by atoms with E-state index in [1.807, 2.05) is 0 Å². The van der Waals surface area contributed by atoms with Crippen LogP contribution >= 0.6 is 0 Å². The zero-order valence-electron chi connectivity index (χ0n) is 14.9. The molecule has 1 amide bonds. The fourth-order valence-electron chi connectivity index (χ4n) is 2.59. The highest BCUT2D eigenvalue weighted by Gasteiger charge is 2.14. The molecule has 0 spiro atoms. The highest BCUT2D eigenvalue weighted by Crippen LogP contribution is 2.38. The van der Waals surface area contributed by atoms with Gasteiger partial charge in [0.15, 0.2) is 11.5 Å². The van der Waals surface area contributed by atoms with Crippen molar-refractivity contribution < 1.29 is 27.8 Å². The van der Waals surface area contributed by atoms with E-state index in [1.54, 1.807) is 12.1 Å². The second kappa shape index (κ2) is 9.03. The number of halogens is 2. The molecule has 0 saturated heterocycles. The first-order chi connectivity index (χ1) is 12.5. The molecule has 26 heavy (non-hydrogen) atoms. The summed E-state index contributed by atoms with van der Waals surface area (Å²) in [6.07, 6.45) is 0.434. The molecule has 0 radical (unpaired) electrons. The van der Waals surface area contributed by atoms with Crippen molar-refractivity contribution in [3.05, 3.63) is 53.1 Å². The zero-order chi connectivity index (χ0) is 19.1. The lowest BCUT2D eigenvalue weighted by Gasteiger charge is -2.14. The Morgan fingerprint density at radius 3 is 1.96 bits per heavy atom. The van der Waals surface area contributed by atoms with E-state index < -0.39 is 11.6 Å². The van der Waals surface area contributed by atoms with Gasteiger partial charge in [0.1, 0.15) is 11.6 Å². The lowest BCUT2D eigenvalue weighted by Crippen LogP contribution is -2.27. The SMILES string of the molecule is COc1cc(CC(=O)NCCc2cc(F)cc(F)c2)cc(OC)c1OC. The molecule has 0 heterocycles. The highest BCUT2D eigenvalue weighted by atomic mass is 19.1. The average Bonchev–Trinajstić information content (AvgIpc) is 2.59. The van der Waals surface area contributed by atoms with Crippen LogP contribution < -0.4 is 19.5 Å². The van der Waals surface area contributed by atoms with Crippen molar-refractivity contribution in [1.82, 2.24) is 5.32 Å². The van der Waals surface area contributed by atoms with Crippen LogP contribution in [0.5, 0.6) is 17.2 Å². The van der Waals surface area contributed by atoms with E-state index >= 15 is 0 Å². The van der Waals surface area contributed by atoms with Crippen LogP contribution in [0.4, 0.5) is 8.78 Å². The molecule has 140 valence electrons. The normalized spacial score (nSPS) is 10.3. The molecular weight excluding hydrogens is 344 g/mol. The summed E-state index contributed by atoms with van der Waals surface area (Å²) >= 11 is 0. The van der Waals surface area contributed by atoms with Crippen LogP contribution in [0.15, 0.2) is 30.3 Å². The van der Waals surface area contributed by atoms with Gasteiger partial charge in [-0.15, -0.1) is 0 Å². The molecule has 1 N–H and O–H groups in total. The van der Waals surface area contributed by atoms with Crippen LogP contribution in [-0.4, -0.2) is 33.8 Å². The number of ether oxygens (including phenoxy) is 3. The van der Waals surface area contributed by atoms with Crippen molar-refractivity contribution in [2.45, 2.75) is 12.8 Å². The van der Waals surface area contributed by atoms with Gasteiger partial charge in [-0.2, -0.15) is 0 Å². The number of hydrogen-bond acceptors (Lipinski definition) is 4. The van der Waals surface area contributed by atoms with Gasteiger partial charge in [0.05, 0.1) is 27.8 Å². The van der Waals surface area contributed by atoms with Crippen molar-refractivity contribution in [2.75, 3.05) is 27.9 Å². The molecule has 0 fully saturated rings. The number of carbonyl (C=O) groups is 1. The third-order valence-electron chi connectivity index (χ3n) is 3.75. The molecule has 0 saturated carbocycles. The molecule has 0 aliphatic rings. The van der Waals surface area contributed by atoms with Crippen molar-refractivity contribution in [3.63, 3.8) is 0 Å². The number of carbonyl (C=O) groups excluding carboxylic acids is 1. The Morgan fingerprint density at radius 2 is 1.46 bits per heavy atom. The number of methoxy groups -OCH3 is 3. The van der Waals surface area contributed by atoms with Crippen LogP contribution in [0, 0.1) is 11.6 Å². The van der Waals surface area contributed by atoms with Gasteiger partial charge in [-0.3, -0.25) is 4.79 Å². The van der Waals surface area contributed by atoms with E-state index in [-0.39, 0.29) is 18.9 Å². The van der Waals surface area contributed by atoms with Gasteiger partial charge in [-0.1, -0.05) is 0 Å². The van der Waals surface area contributed by atoms with E-state index in [9.17, 15) is 13.6 Å². The Morgan fingerprint density at radius 1 is 0.885 bits per heavy atom. The number of rotatable bonds is 8. The minimum atomic E-state index is -0.635. The number of amides is 1. The lowest BCUT2D eigenvalue weighted by molar-refractivity contribution is -0.120. The van der Waals surface area contributed by atoms with Gasteiger partial charge in [0.25, 0.3) is 0 Å². The van der Waals surface area contributed by atoms with Gasteiger partial charge in [-0.25, -0.2) is 8.78 Å². The van der Waals surface area contributed by atoms with Crippen LogP contribution in [0.25, 0.3) is 0 Å². The maximum Gasteiger partial charge on any atom is 0.224 e. The Balaban J connectivity index is 1.97. The molecule has 0 aliphatic carbocycles. The first kappa shape index (κ1) is 19.5. The summed E-state index contributed by atoms with van der Waals surface area (Å²) in [5, 5.41) is 2.73. The zero-order valence-corrected chi connectivity index (χ0v) is 14.9. The topological polar surface area (TPSA) is 56.8 Å². The summed E-state index contributed by atoms with van der Waals surface area (Å²) in [4.78, 5) is 12.1. The maximum absolute atomic E-state index is 13.1. The smallest absolute Gasteiger partial charge is 0.224 e. The third kappa shape index (κ3) is 5.08. The minimum absolute atomic E-state index is 0.105. The second-order valence-electron chi connectivity index (χ2n) is 5.59. The first-order valence-electron chi connectivity index (χ1n) is 7.97. The summed E-state index contributed by atoms with van der Waals surface area (Å²) in [6, 6.07) is 6.70. The van der Waals surface area contributed by atoms with Crippen molar-refractivity contribution in [3.8, 4) is 17.2 Å². The van der Waals surface area contributed by atoms with Gasteiger partial charge in [0.2, 0.25) is 11.7 Å². The summed E-state index contributed by atoms with van der Waals surface area (Å²) in [6.45, 7) is 0.270. The fraction of sp³-hybridized carbons (Fsp3) is 0.316. The lowest BCUT2D eigenvalue weighted by atomic mass is 10.1. The van der Waals surface area contributed by atoms with E-state index in [0.717, 1.165) is 6.07 Å². The largest absolute Gasteiger partial charge is 0.493 e. The summed E-state index contributed by atoms with van der Waals surface area (Å²) < 4.78 is 42.0. The Hall–Kier alpha value is -2.83. The number of benzene rings is 2. The van der Waals surface area contributed by atoms with Crippen LogP contribution in [-0.2, 0) is 17.6 Å². The van der Waals surface area contributed by atoms with Crippen molar-refractivity contribution in [2.24, 2.45) is 0 Å². The van der Waals surface area contributed by atoms with E-state index in [0.29, 0.717) is 34.8 Å². The van der Waals surface area contributed by atoms with Crippen molar-refractivity contribution >= 4 is 5.91 Å². The van der Waals surface area contributed by atoms with Gasteiger partial charge in [0, 0.05) is 12.6 Å². The Labute approximate surface area is 150 Å². The highest BCUT2D eigenvalue weighted by molar-refractivity contribution is 5.79. The molecule has 0 aliphatic heterocycles. The van der Waals surface area contributed by atoms with Gasteiger partial charge < -0.3 is 19.5 Å². The van der Waals surface area contributed by atoms with Crippen LogP contribution in [0.3, 0.4) is 0 Å². The third-order valence-corrected chi connectivity index (χ3v) is 3.75. The molecule has 7 heteroatoms. The fourth-order valence-corrected chi connectivity index (χ4v) is 2.59.